The van der Waals surface area contributed by atoms with Crippen LogP contribution in [-0.4, -0.2) is 30.2 Å². The fraction of sp³-hybridized carbons (Fsp3) is 0.333. The van der Waals surface area contributed by atoms with E-state index in [0.29, 0.717) is 18.1 Å². The SMILES string of the molecule is COc1cc(CC(=O)Nc2cccc([C@H]3CC[C@@H](OC(=O)Cc4cccc(C)c4)CC3)c2)ccc1O. The Kier molecular flexibility index (Phi) is 8.26. The molecule has 3 aromatic rings. The number of benzene rings is 3. The van der Waals surface area contributed by atoms with E-state index in [1.807, 2.05) is 49.4 Å². The molecule has 0 saturated heterocycles. The normalized spacial score (nSPS) is 17.3. The molecule has 0 aliphatic heterocycles. The maximum atomic E-state index is 12.6. The smallest absolute Gasteiger partial charge is 0.310 e. The van der Waals surface area contributed by atoms with Crippen LogP contribution in [0.3, 0.4) is 0 Å². The summed E-state index contributed by atoms with van der Waals surface area (Å²) >= 11 is 0. The highest BCUT2D eigenvalue weighted by Gasteiger charge is 2.25. The van der Waals surface area contributed by atoms with E-state index in [0.717, 1.165) is 48.1 Å². The van der Waals surface area contributed by atoms with E-state index in [-0.39, 0.29) is 30.2 Å². The van der Waals surface area contributed by atoms with E-state index in [4.69, 9.17) is 9.47 Å². The number of phenols is 1. The first-order chi connectivity index (χ1) is 17.4. The van der Waals surface area contributed by atoms with Crippen molar-refractivity contribution in [3.8, 4) is 11.5 Å². The summed E-state index contributed by atoms with van der Waals surface area (Å²) in [6.45, 7) is 2.02. The highest BCUT2D eigenvalue weighted by atomic mass is 16.5. The van der Waals surface area contributed by atoms with E-state index < -0.39 is 0 Å². The molecule has 0 aromatic heterocycles. The molecular weight excluding hydrogens is 454 g/mol. The molecule has 6 heteroatoms. The number of anilines is 1. The summed E-state index contributed by atoms with van der Waals surface area (Å²) in [7, 11) is 1.48. The lowest BCUT2D eigenvalue weighted by Gasteiger charge is -2.29. The molecule has 6 nitrogen and oxygen atoms in total. The van der Waals surface area contributed by atoms with Crippen molar-refractivity contribution in [1.29, 1.82) is 0 Å². The van der Waals surface area contributed by atoms with Gasteiger partial charge >= 0.3 is 5.97 Å². The minimum absolute atomic E-state index is 0.0382. The summed E-state index contributed by atoms with van der Waals surface area (Å²) in [4.78, 5) is 25.0. The number of carbonyl (C=O) groups is 2. The number of nitrogens with one attached hydrogen (secondary N) is 1. The van der Waals surface area contributed by atoms with Gasteiger partial charge in [-0.05, 0) is 79.5 Å². The Morgan fingerprint density at radius 3 is 2.42 bits per heavy atom. The maximum absolute atomic E-state index is 12.6. The van der Waals surface area contributed by atoms with Gasteiger partial charge in [-0.25, -0.2) is 0 Å². The van der Waals surface area contributed by atoms with Crippen molar-refractivity contribution in [3.05, 3.63) is 89.0 Å². The Morgan fingerprint density at radius 2 is 1.67 bits per heavy atom. The molecule has 3 aromatic carbocycles. The summed E-state index contributed by atoms with van der Waals surface area (Å²) in [5.41, 5.74) is 4.82. The first kappa shape index (κ1) is 25.3. The topological polar surface area (TPSA) is 84.9 Å². The molecule has 1 fully saturated rings. The van der Waals surface area contributed by atoms with E-state index in [1.165, 1.54) is 18.7 Å². The molecule has 0 radical (unpaired) electrons. The molecule has 0 unspecified atom stereocenters. The van der Waals surface area contributed by atoms with Gasteiger partial charge in [0, 0.05) is 5.69 Å². The summed E-state index contributed by atoms with van der Waals surface area (Å²) in [5.74, 6) is 0.461. The zero-order chi connectivity index (χ0) is 25.5. The van der Waals surface area contributed by atoms with Gasteiger partial charge < -0.3 is 19.9 Å². The average Bonchev–Trinajstić information content (AvgIpc) is 2.85. The van der Waals surface area contributed by atoms with Gasteiger partial charge in [0.15, 0.2) is 11.5 Å². The van der Waals surface area contributed by atoms with Crippen LogP contribution in [0.1, 0.15) is 53.9 Å². The van der Waals surface area contributed by atoms with Crippen LogP contribution < -0.4 is 10.1 Å². The van der Waals surface area contributed by atoms with Gasteiger partial charge in [-0.15, -0.1) is 0 Å². The molecule has 1 saturated carbocycles. The Labute approximate surface area is 212 Å². The zero-order valence-electron chi connectivity index (χ0n) is 20.8. The molecule has 1 amide bonds. The van der Waals surface area contributed by atoms with Crippen molar-refractivity contribution in [2.45, 2.75) is 57.5 Å². The molecular formula is C30H33NO5. The second-order valence-electron chi connectivity index (χ2n) is 9.49. The highest BCUT2D eigenvalue weighted by molar-refractivity contribution is 5.92. The van der Waals surface area contributed by atoms with Crippen molar-refractivity contribution in [1.82, 2.24) is 0 Å². The van der Waals surface area contributed by atoms with Crippen molar-refractivity contribution < 1.29 is 24.2 Å². The third-order valence-electron chi connectivity index (χ3n) is 6.65. The van der Waals surface area contributed by atoms with Gasteiger partial charge in [0.1, 0.15) is 6.10 Å². The van der Waals surface area contributed by atoms with E-state index in [2.05, 4.69) is 11.4 Å². The second kappa shape index (κ2) is 11.8. The molecule has 1 aliphatic rings. The van der Waals surface area contributed by atoms with E-state index >= 15 is 0 Å². The van der Waals surface area contributed by atoms with Gasteiger partial charge in [0.25, 0.3) is 0 Å². The van der Waals surface area contributed by atoms with Crippen LogP contribution in [0.2, 0.25) is 0 Å². The predicted molar refractivity (Wildman–Crippen MR) is 139 cm³/mol. The first-order valence-electron chi connectivity index (χ1n) is 12.4. The number of phenolic OH excluding ortho intramolecular Hbond substituents is 1. The van der Waals surface area contributed by atoms with Crippen molar-refractivity contribution in [2.24, 2.45) is 0 Å². The Balaban J connectivity index is 1.27. The number of amides is 1. The van der Waals surface area contributed by atoms with Crippen molar-refractivity contribution in [2.75, 3.05) is 12.4 Å². The van der Waals surface area contributed by atoms with Gasteiger partial charge in [-0.1, -0.05) is 48.0 Å². The van der Waals surface area contributed by atoms with Gasteiger partial charge in [0.2, 0.25) is 5.91 Å². The van der Waals surface area contributed by atoms with Crippen molar-refractivity contribution in [3.63, 3.8) is 0 Å². The minimum Gasteiger partial charge on any atom is -0.504 e. The summed E-state index contributed by atoms with van der Waals surface area (Å²) < 4.78 is 10.9. The van der Waals surface area contributed by atoms with Gasteiger partial charge in [-0.3, -0.25) is 9.59 Å². The Bertz CT molecular complexity index is 1210. The molecule has 0 atom stereocenters. The molecule has 188 valence electrons. The van der Waals surface area contributed by atoms with Gasteiger partial charge in [-0.2, -0.15) is 0 Å². The van der Waals surface area contributed by atoms with E-state index in [1.54, 1.807) is 12.1 Å². The number of aryl methyl sites for hydroxylation is 1. The van der Waals surface area contributed by atoms with Gasteiger partial charge in [0.05, 0.1) is 20.0 Å². The number of methoxy groups -OCH3 is 1. The zero-order valence-corrected chi connectivity index (χ0v) is 20.8. The highest BCUT2D eigenvalue weighted by Crippen LogP contribution is 2.35. The van der Waals surface area contributed by atoms with Crippen LogP contribution in [0, 0.1) is 6.92 Å². The molecule has 2 N–H and O–H groups in total. The van der Waals surface area contributed by atoms with Crippen LogP contribution in [0.4, 0.5) is 5.69 Å². The molecule has 0 spiro atoms. The van der Waals surface area contributed by atoms with Crippen LogP contribution in [0.5, 0.6) is 11.5 Å². The van der Waals surface area contributed by atoms with Crippen LogP contribution in [-0.2, 0) is 27.2 Å². The predicted octanol–water partition coefficient (Wildman–Crippen LogP) is 5.70. The first-order valence-corrected chi connectivity index (χ1v) is 12.4. The number of rotatable bonds is 8. The Morgan fingerprint density at radius 1 is 0.917 bits per heavy atom. The summed E-state index contributed by atoms with van der Waals surface area (Å²) in [5, 5.41) is 12.7. The lowest BCUT2D eigenvalue weighted by atomic mass is 9.82. The summed E-state index contributed by atoms with van der Waals surface area (Å²) in [6.07, 6.45) is 4.00. The Hall–Kier alpha value is -3.80. The lowest BCUT2D eigenvalue weighted by molar-refractivity contribution is -0.149. The second-order valence-corrected chi connectivity index (χ2v) is 9.49. The maximum Gasteiger partial charge on any atom is 0.310 e. The monoisotopic (exact) mass is 487 g/mol. The number of hydrogen-bond acceptors (Lipinski definition) is 5. The molecule has 0 bridgehead atoms. The number of esters is 1. The molecule has 36 heavy (non-hydrogen) atoms. The summed E-state index contributed by atoms with van der Waals surface area (Å²) in [6, 6.07) is 20.8. The van der Waals surface area contributed by atoms with Crippen LogP contribution >= 0.6 is 0 Å². The van der Waals surface area contributed by atoms with Crippen LogP contribution in [0.25, 0.3) is 0 Å². The number of aromatic hydroxyl groups is 1. The third kappa shape index (κ3) is 6.87. The van der Waals surface area contributed by atoms with Crippen LogP contribution in [0.15, 0.2) is 66.7 Å². The lowest BCUT2D eigenvalue weighted by Crippen LogP contribution is -2.24. The largest absolute Gasteiger partial charge is 0.504 e. The third-order valence-corrected chi connectivity index (χ3v) is 6.65. The molecule has 4 rings (SSSR count). The number of carbonyl (C=O) groups excluding carboxylic acids is 2. The minimum atomic E-state index is -0.167. The number of ether oxygens (including phenoxy) is 2. The van der Waals surface area contributed by atoms with Crippen molar-refractivity contribution >= 4 is 17.6 Å². The fourth-order valence-electron chi connectivity index (χ4n) is 4.82. The van der Waals surface area contributed by atoms with E-state index in [9.17, 15) is 14.7 Å². The molecule has 0 heterocycles. The molecule has 1 aliphatic carbocycles. The quantitative estimate of drug-likeness (QED) is 0.398. The standard InChI is InChI=1S/C30H33NO5/c1-20-5-3-6-21(15-20)18-30(34)36-26-12-10-23(11-13-26)24-7-4-8-25(19-24)31-29(33)17-22-9-14-27(32)28(16-22)35-2/h3-9,14-16,19,23,26,32H,10-13,17-18H2,1-2H3,(H,31,33)/t23-,26+. The fourth-order valence-corrected chi connectivity index (χ4v) is 4.82. The number of hydrogen-bond donors (Lipinski definition) is 2. The average molecular weight is 488 g/mol.